The highest BCUT2D eigenvalue weighted by atomic mass is 35.5. The van der Waals surface area contributed by atoms with Crippen LogP contribution in [0.5, 0.6) is 0 Å². The third-order valence-corrected chi connectivity index (χ3v) is 2.12. The van der Waals surface area contributed by atoms with E-state index in [-0.39, 0.29) is 5.38 Å². The van der Waals surface area contributed by atoms with Gasteiger partial charge in [-0.3, -0.25) is 0 Å². The highest BCUT2D eigenvalue weighted by Crippen LogP contribution is 2.07. The standard InChI is InChI=1S/C7H17ClN2/c1-4-6(8)5-7(9-2)10-3/h6-7,9-10H,4-5H2,1-3H3. The molecule has 2 nitrogen and oxygen atoms in total. The fourth-order valence-corrected chi connectivity index (χ4v) is 0.981. The van der Waals surface area contributed by atoms with Crippen LogP contribution in [0.25, 0.3) is 0 Å². The largest absolute Gasteiger partial charge is 0.305 e. The Balaban J connectivity index is 3.41. The lowest BCUT2D eigenvalue weighted by molar-refractivity contribution is 0.450. The maximum absolute atomic E-state index is 5.94. The van der Waals surface area contributed by atoms with Crippen LogP contribution in [-0.2, 0) is 0 Å². The van der Waals surface area contributed by atoms with Crippen molar-refractivity contribution in [2.75, 3.05) is 14.1 Å². The Hall–Kier alpha value is 0.210. The Bertz CT molecular complexity index is 74.0. The molecule has 0 bridgehead atoms. The predicted octanol–water partition coefficient (Wildman–Crippen LogP) is 1.16. The van der Waals surface area contributed by atoms with Gasteiger partial charge in [-0.15, -0.1) is 11.6 Å². The second-order valence-corrected chi connectivity index (χ2v) is 2.99. The molecule has 0 aromatic heterocycles. The molecule has 0 aromatic rings. The fraction of sp³-hybridized carbons (Fsp3) is 1.00. The zero-order chi connectivity index (χ0) is 7.98. The van der Waals surface area contributed by atoms with Gasteiger partial charge in [0.2, 0.25) is 0 Å². The van der Waals surface area contributed by atoms with Crippen LogP contribution in [-0.4, -0.2) is 25.6 Å². The molecule has 1 atom stereocenters. The van der Waals surface area contributed by atoms with Crippen molar-refractivity contribution in [2.45, 2.75) is 31.3 Å². The third kappa shape index (κ3) is 4.09. The summed E-state index contributed by atoms with van der Waals surface area (Å²) >= 11 is 5.94. The molecule has 62 valence electrons. The Morgan fingerprint density at radius 2 is 1.80 bits per heavy atom. The number of halogens is 1. The van der Waals surface area contributed by atoms with E-state index in [1.807, 2.05) is 14.1 Å². The number of nitrogens with one attached hydrogen (secondary N) is 2. The first-order valence-corrected chi connectivity index (χ1v) is 4.16. The minimum atomic E-state index is 0.282. The number of hydrogen-bond acceptors (Lipinski definition) is 2. The monoisotopic (exact) mass is 164 g/mol. The predicted molar refractivity (Wildman–Crippen MR) is 46.5 cm³/mol. The lowest BCUT2D eigenvalue weighted by Gasteiger charge is -2.17. The maximum Gasteiger partial charge on any atom is 0.0581 e. The molecule has 0 aromatic carbocycles. The number of alkyl halides is 1. The molecule has 0 heterocycles. The van der Waals surface area contributed by atoms with Crippen LogP contribution in [0.4, 0.5) is 0 Å². The van der Waals surface area contributed by atoms with Gasteiger partial charge in [-0.05, 0) is 26.9 Å². The van der Waals surface area contributed by atoms with Crippen LogP contribution in [0.1, 0.15) is 19.8 Å². The molecule has 0 aliphatic heterocycles. The number of hydrogen-bond donors (Lipinski definition) is 2. The van der Waals surface area contributed by atoms with Gasteiger partial charge < -0.3 is 10.6 Å². The van der Waals surface area contributed by atoms with Gasteiger partial charge in [0, 0.05) is 5.38 Å². The van der Waals surface area contributed by atoms with Crippen molar-refractivity contribution < 1.29 is 0 Å². The number of rotatable bonds is 5. The zero-order valence-corrected chi connectivity index (χ0v) is 7.70. The molecular weight excluding hydrogens is 148 g/mol. The van der Waals surface area contributed by atoms with Crippen LogP contribution < -0.4 is 10.6 Å². The maximum atomic E-state index is 5.94. The quantitative estimate of drug-likeness (QED) is 0.471. The summed E-state index contributed by atoms with van der Waals surface area (Å²) in [7, 11) is 3.86. The lowest BCUT2D eigenvalue weighted by atomic mass is 10.2. The van der Waals surface area contributed by atoms with Crippen LogP contribution >= 0.6 is 11.6 Å². The van der Waals surface area contributed by atoms with Gasteiger partial charge in [-0.25, -0.2) is 0 Å². The summed E-state index contributed by atoms with van der Waals surface area (Å²) in [6.07, 6.45) is 2.36. The Morgan fingerprint density at radius 1 is 1.30 bits per heavy atom. The van der Waals surface area contributed by atoms with Gasteiger partial charge >= 0.3 is 0 Å². The fourth-order valence-electron chi connectivity index (χ4n) is 0.802. The van der Waals surface area contributed by atoms with E-state index < -0.39 is 0 Å². The van der Waals surface area contributed by atoms with Gasteiger partial charge in [0.05, 0.1) is 6.17 Å². The molecule has 10 heavy (non-hydrogen) atoms. The molecule has 0 aliphatic carbocycles. The second-order valence-electron chi connectivity index (χ2n) is 2.37. The van der Waals surface area contributed by atoms with Crippen LogP contribution in [0.15, 0.2) is 0 Å². The first-order chi connectivity index (χ1) is 4.74. The highest BCUT2D eigenvalue weighted by molar-refractivity contribution is 6.20. The summed E-state index contributed by atoms with van der Waals surface area (Å²) in [4.78, 5) is 0. The van der Waals surface area contributed by atoms with E-state index >= 15 is 0 Å². The third-order valence-electron chi connectivity index (χ3n) is 1.63. The van der Waals surface area contributed by atoms with Crippen molar-refractivity contribution in [3.8, 4) is 0 Å². The van der Waals surface area contributed by atoms with Gasteiger partial charge in [-0.1, -0.05) is 6.92 Å². The van der Waals surface area contributed by atoms with Gasteiger partial charge in [-0.2, -0.15) is 0 Å². The normalized spacial score (nSPS) is 14.1. The van der Waals surface area contributed by atoms with Crippen molar-refractivity contribution >= 4 is 11.6 Å². The summed E-state index contributed by atoms with van der Waals surface area (Å²) in [5.74, 6) is 0. The zero-order valence-electron chi connectivity index (χ0n) is 6.95. The minimum absolute atomic E-state index is 0.282. The Kier molecular flexibility index (Phi) is 6.08. The van der Waals surface area contributed by atoms with Crippen molar-refractivity contribution in [1.29, 1.82) is 0 Å². The Morgan fingerprint density at radius 3 is 2.10 bits per heavy atom. The summed E-state index contributed by atoms with van der Waals surface area (Å²) in [5.41, 5.74) is 0. The first kappa shape index (κ1) is 10.2. The van der Waals surface area contributed by atoms with Crippen molar-refractivity contribution in [1.82, 2.24) is 10.6 Å². The summed E-state index contributed by atoms with van der Waals surface area (Å²) < 4.78 is 0. The highest BCUT2D eigenvalue weighted by Gasteiger charge is 2.07. The smallest absolute Gasteiger partial charge is 0.0581 e. The second kappa shape index (κ2) is 5.96. The van der Waals surface area contributed by atoms with Crippen molar-refractivity contribution in [2.24, 2.45) is 0 Å². The molecule has 0 spiro atoms. The molecule has 0 amide bonds. The van der Waals surface area contributed by atoms with E-state index in [4.69, 9.17) is 11.6 Å². The first-order valence-electron chi connectivity index (χ1n) is 3.73. The van der Waals surface area contributed by atoms with Crippen LogP contribution in [0, 0.1) is 0 Å². The van der Waals surface area contributed by atoms with Gasteiger partial charge in [0.15, 0.2) is 0 Å². The molecular formula is C7H17ClN2. The topological polar surface area (TPSA) is 24.1 Å². The molecule has 0 rings (SSSR count). The average molecular weight is 165 g/mol. The van der Waals surface area contributed by atoms with Gasteiger partial charge in [0.1, 0.15) is 0 Å². The summed E-state index contributed by atoms with van der Waals surface area (Å²) in [5, 5.41) is 6.53. The van der Waals surface area contributed by atoms with Crippen LogP contribution in [0.2, 0.25) is 0 Å². The van der Waals surface area contributed by atoms with E-state index in [0.29, 0.717) is 6.17 Å². The van der Waals surface area contributed by atoms with E-state index in [0.717, 1.165) is 12.8 Å². The molecule has 0 saturated carbocycles. The summed E-state index contributed by atoms with van der Waals surface area (Å²) in [6, 6.07) is 0. The molecule has 0 fully saturated rings. The molecule has 1 unspecified atom stereocenters. The summed E-state index contributed by atoms with van der Waals surface area (Å²) in [6.45, 7) is 2.10. The van der Waals surface area contributed by atoms with Gasteiger partial charge in [0.25, 0.3) is 0 Å². The lowest BCUT2D eigenvalue weighted by Crippen LogP contribution is -2.39. The molecule has 0 saturated heterocycles. The molecule has 0 radical (unpaired) electrons. The molecule has 3 heteroatoms. The van der Waals surface area contributed by atoms with Crippen LogP contribution in [0.3, 0.4) is 0 Å². The minimum Gasteiger partial charge on any atom is -0.305 e. The molecule has 0 aliphatic rings. The van der Waals surface area contributed by atoms with E-state index in [2.05, 4.69) is 17.6 Å². The SMILES string of the molecule is CCC(Cl)CC(NC)NC. The van der Waals surface area contributed by atoms with Crippen molar-refractivity contribution in [3.05, 3.63) is 0 Å². The van der Waals surface area contributed by atoms with E-state index in [1.165, 1.54) is 0 Å². The van der Waals surface area contributed by atoms with E-state index in [1.54, 1.807) is 0 Å². The Labute approximate surface area is 68.3 Å². The molecule has 2 N–H and O–H groups in total. The average Bonchev–Trinajstić information content (AvgIpc) is 1.99. The van der Waals surface area contributed by atoms with E-state index in [9.17, 15) is 0 Å². The van der Waals surface area contributed by atoms with Crippen molar-refractivity contribution in [3.63, 3.8) is 0 Å².